The Balaban J connectivity index is 2.14. The first kappa shape index (κ1) is 14.6. The number of H-pyrrole nitrogens is 1. The van der Waals surface area contributed by atoms with Crippen molar-refractivity contribution in [3.05, 3.63) is 22.2 Å². The van der Waals surface area contributed by atoms with Gasteiger partial charge in [-0.2, -0.15) is 0 Å². The minimum atomic E-state index is -0.153. The molecule has 0 aromatic carbocycles. The van der Waals surface area contributed by atoms with Crippen molar-refractivity contribution in [2.45, 2.75) is 45.6 Å². The minimum absolute atomic E-state index is 0.0584. The molecule has 1 amide bonds. The van der Waals surface area contributed by atoms with Crippen molar-refractivity contribution in [1.82, 2.24) is 15.3 Å². The van der Waals surface area contributed by atoms with Gasteiger partial charge in [0.15, 0.2) is 0 Å². The van der Waals surface area contributed by atoms with Gasteiger partial charge in [-0.25, -0.2) is 4.98 Å². The number of anilines is 1. The summed E-state index contributed by atoms with van der Waals surface area (Å²) in [6.45, 7) is 6.64. The van der Waals surface area contributed by atoms with E-state index in [0.29, 0.717) is 18.3 Å². The highest BCUT2D eigenvalue weighted by molar-refractivity contribution is 5.81. The van der Waals surface area contributed by atoms with Crippen LogP contribution < -0.4 is 15.8 Å². The van der Waals surface area contributed by atoms with Gasteiger partial charge in [0, 0.05) is 24.6 Å². The summed E-state index contributed by atoms with van der Waals surface area (Å²) in [5.74, 6) is 1.65. The molecule has 1 heterocycles. The Morgan fingerprint density at radius 2 is 2.25 bits per heavy atom. The normalized spacial score (nSPS) is 14.4. The maximum absolute atomic E-state index is 11.8. The van der Waals surface area contributed by atoms with Crippen LogP contribution in [0.15, 0.2) is 10.9 Å². The topological polar surface area (TPSA) is 78.1 Å². The Bertz CT molecular complexity index is 534. The molecule has 1 saturated carbocycles. The second-order valence-corrected chi connectivity index (χ2v) is 5.50. The lowest BCUT2D eigenvalue weighted by Gasteiger charge is -2.22. The number of likely N-dealkylation sites (N-methyl/N-ethyl adjacent to an activating group) is 1. The van der Waals surface area contributed by atoms with Crippen molar-refractivity contribution in [2.24, 2.45) is 0 Å². The number of rotatable bonds is 6. The molecule has 110 valence electrons. The van der Waals surface area contributed by atoms with E-state index in [0.717, 1.165) is 18.7 Å². The second kappa shape index (κ2) is 6.07. The van der Waals surface area contributed by atoms with Crippen molar-refractivity contribution in [1.29, 1.82) is 0 Å². The number of hydrogen-bond donors (Lipinski definition) is 2. The number of aromatic amines is 1. The van der Waals surface area contributed by atoms with Crippen LogP contribution in [0.2, 0.25) is 0 Å². The molecular weight excluding hydrogens is 256 g/mol. The molecular formula is C14H22N4O2. The van der Waals surface area contributed by atoms with Gasteiger partial charge in [-0.05, 0) is 33.6 Å². The number of nitrogens with one attached hydrogen (secondary N) is 2. The summed E-state index contributed by atoms with van der Waals surface area (Å²) in [5.41, 5.74) is -0.153. The van der Waals surface area contributed by atoms with Crippen LogP contribution in [-0.2, 0) is 4.79 Å². The number of amides is 1. The van der Waals surface area contributed by atoms with Gasteiger partial charge >= 0.3 is 0 Å². The smallest absolute Gasteiger partial charge is 0.252 e. The van der Waals surface area contributed by atoms with Crippen LogP contribution in [0.1, 0.15) is 45.4 Å². The van der Waals surface area contributed by atoms with E-state index >= 15 is 0 Å². The summed E-state index contributed by atoms with van der Waals surface area (Å²) >= 11 is 0. The fourth-order valence-electron chi connectivity index (χ4n) is 2.07. The van der Waals surface area contributed by atoms with Crippen molar-refractivity contribution in [3.8, 4) is 0 Å². The van der Waals surface area contributed by atoms with Crippen LogP contribution in [-0.4, -0.2) is 35.0 Å². The molecule has 1 fully saturated rings. The number of nitrogens with zero attached hydrogens (tertiary/aromatic N) is 2. The lowest BCUT2D eigenvalue weighted by molar-refractivity contribution is -0.120. The second-order valence-electron chi connectivity index (χ2n) is 5.50. The number of aromatic nitrogens is 2. The highest BCUT2D eigenvalue weighted by Gasteiger charge is 2.27. The number of carbonyl (C=O) groups is 1. The van der Waals surface area contributed by atoms with Gasteiger partial charge in [0.2, 0.25) is 5.91 Å². The number of hydrogen-bond acceptors (Lipinski definition) is 4. The van der Waals surface area contributed by atoms with Crippen LogP contribution in [0.3, 0.4) is 0 Å². The third kappa shape index (κ3) is 3.82. The maximum atomic E-state index is 11.8. The first-order valence-electron chi connectivity index (χ1n) is 7.15. The number of carbonyl (C=O) groups excluding carboxylic acids is 1. The van der Waals surface area contributed by atoms with Crippen molar-refractivity contribution < 1.29 is 4.79 Å². The van der Waals surface area contributed by atoms with Crippen molar-refractivity contribution >= 4 is 11.7 Å². The van der Waals surface area contributed by atoms with E-state index in [1.165, 1.54) is 6.07 Å². The molecule has 1 aromatic heterocycles. The third-order valence-corrected chi connectivity index (χ3v) is 3.20. The standard InChI is InChI=1S/C14H22N4O2/c1-4-18(8-13(20)15-9(2)3)11-7-12(19)17-14(16-11)10-5-6-10/h7,9-10H,4-6,8H2,1-3H3,(H,15,20)(H,16,17,19). The molecule has 1 aromatic rings. The molecule has 1 aliphatic rings. The zero-order valence-electron chi connectivity index (χ0n) is 12.3. The molecule has 1 aliphatic carbocycles. The molecule has 2 N–H and O–H groups in total. The summed E-state index contributed by atoms with van der Waals surface area (Å²) < 4.78 is 0. The summed E-state index contributed by atoms with van der Waals surface area (Å²) in [6.07, 6.45) is 2.15. The SMILES string of the molecule is CCN(CC(=O)NC(C)C)c1cc(=O)[nH]c(C2CC2)n1. The third-order valence-electron chi connectivity index (χ3n) is 3.20. The molecule has 0 unspecified atom stereocenters. The lowest BCUT2D eigenvalue weighted by atomic mass is 10.3. The van der Waals surface area contributed by atoms with E-state index in [1.54, 1.807) is 0 Å². The van der Waals surface area contributed by atoms with E-state index in [-0.39, 0.29) is 24.1 Å². The van der Waals surface area contributed by atoms with Crippen molar-refractivity contribution in [3.63, 3.8) is 0 Å². The Labute approximate surface area is 118 Å². The molecule has 2 rings (SSSR count). The molecule has 0 radical (unpaired) electrons. The van der Waals surface area contributed by atoms with Gasteiger partial charge in [0.25, 0.3) is 5.56 Å². The van der Waals surface area contributed by atoms with E-state index in [2.05, 4.69) is 15.3 Å². The van der Waals surface area contributed by atoms with Gasteiger partial charge < -0.3 is 15.2 Å². The summed E-state index contributed by atoms with van der Waals surface area (Å²) in [7, 11) is 0. The van der Waals surface area contributed by atoms with Gasteiger partial charge in [-0.15, -0.1) is 0 Å². The van der Waals surface area contributed by atoms with Crippen LogP contribution >= 0.6 is 0 Å². The quantitative estimate of drug-likeness (QED) is 0.813. The van der Waals surface area contributed by atoms with E-state index in [1.807, 2.05) is 25.7 Å². The summed E-state index contributed by atoms with van der Waals surface area (Å²) in [6, 6.07) is 1.56. The molecule has 6 nitrogen and oxygen atoms in total. The zero-order valence-corrected chi connectivity index (χ0v) is 12.3. The molecule has 0 spiro atoms. The summed E-state index contributed by atoms with van der Waals surface area (Å²) in [5, 5.41) is 2.85. The Morgan fingerprint density at radius 1 is 1.55 bits per heavy atom. The van der Waals surface area contributed by atoms with Gasteiger partial charge in [-0.1, -0.05) is 0 Å². The van der Waals surface area contributed by atoms with Gasteiger partial charge in [0.05, 0.1) is 6.54 Å². The van der Waals surface area contributed by atoms with Crippen LogP contribution in [0.5, 0.6) is 0 Å². The molecule has 6 heteroatoms. The van der Waals surface area contributed by atoms with Crippen LogP contribution in [0, 0.1) is 0 Å². The minimum Gasteiger partial charge on any atom is -0.352 e. The monoisotopic (exact) mass is 278 g/mol. The predicted octanol–water partition coefficient (Wildman–Crippen LogP) is 0.998. The first-order valence-corrected chi connectivity index (χ1v) is 7.15. The Hall–Kier alpha value is -1.85. The van der Waals surface area contributed by atoms with E-state index < -0.39 is 0 Å². The van der Waals surface area contributed by atoms with Crippen LogP contribution in [0.4, 0.5) is 5.82 Å². The zero-order chi connectivity index (χ0) is 14.7. The van der Waals surface area contributed by atoms with Gasteiger partial charge in [-0.3, -0.25) is 9.59 Å². The van der Waals surface area contributed by atoms with Gasteiger partial charge in [0.1, 0.15) is 11.6 Å². The molecule has 0 aliphatic heterocycles. The average Bonchev–Trinajstić information content (AvgIpc) is 3.18. The maximum Gasteiger partial charge on any atom is 0.252 e. The Morgan fingerprint density at radius 3 is 2.80 bits per heavy atom. The van der Waals surface area contributed by atoms with Crippen molar-refractivity contribution in [2.75, 3.05) is 18.0 Å². The fraction of sp³-hybridized carbons (Fsp3) is 0.643. The molecule has 0 atom stereocenters. The highest BCUT2D eigenvalue weighted by Crippen LogP contribution is 2.37. The Kier molecular flexibility index (Phi) is 4.42. The fourth-order valence-corrected chi connectivity index (χ4v) is 2.07. The molecule has 0 bridgehead atoms. The van der Waals surface area contributed by atoms with E-state index in [4.69, 9.17) is 0 Å². The molecule has 20 heavy (non-hydrogen) atoms. The van der Waals surface area contributed by atoms with E-state index in [9.17, 15) is 9.59 Å². The lowest BCUT2D eigenvalue weighted by Crippen LogP contribution is -2.40. The summed E-state index contributed by atoms with van der Waals surface area (Å²) in [4.78, 5) is 32.6. The molecule has 0 saturated heterocycles. The highest BCUT2D eigenvalue weighted by atomic mass is 16.2. The average molecular weight is 278 g/mol. The predicted molar refractivity (Wildman–Crippen MR) is 78.0 cm³/mol. The first-order chi connectivity index (χ1) is 9.49. The largest absolute Gasteiger partial charge is 0.352 e. The van der Waals surface area contributed by atoms with Crippen LogP contribution in [0.25, 0.3) is 0 Å².